The number of carbonyl (C=O) groups excluding carboxylic acids is 1. The maximum Gasteiger partial charge on any atom is 0.309 e. The Morgan fingerprint density at radius 1 is 1.58 bits per heavy atom. The Bertz CT molecular complexity index is 461. The van der Waals surface area contributed by atoms with E-state index in [2.05, 4.69) is 9.97 Å². The molecule has 1 aromatic rings. The number of nitrogen functional groups attached to an aromatic ring is 1. The van der Waals surface area contributed by atoms with E-state index >= 15 is 0 Å². The zero-order chi connectivity index (χ0) is 13.8. The van der Waals surface area contributed by atoms with Crippen LogP contribution in [0.2, 0.25) is 0 Å². The number of nitrogens with zero attached hydrogens (tertiary/aromatic N) is 3. The van der Waals surface area contributed by atoms with Crippen LogP contribution in [0.4, 0.5) is 16.2 Å². The molecule has 1 aliphatic heterocycles. The summed E-state index contributed by atoms with van der Waals surface area (Å²) in [4.78, 5) is 21.3. The van der Waals surface area contributed by atoms with Crippen LogP contribution in [0.5, 0.6) is 0 Å². The van der Waals surface area contributed by atoms with E-state index in [4.69, 9.17) is 10.5 Å². The van der Waals surface area contributed by atoms with Gasteiger partial charge in [0.15, 0.2) is 11.6 Å². The summed E-state index contributed by atoms with van der Waals surface area (Å²) in [5.41, 5.74) is 5.42. The number of nitrogens with two attached hydrogens (primary N) is 1. The van der Waals surface area contributed by atoms with E-state index in [1.54, 1.807) is 6.92 Å². The van der Waals surface area contributed by atoms with Crippen LogP contribution >= 0.6 is 0 Å². The molecule has 2 N–H and O–H groups in total. The van der Waals surface area contributed by atoms with Gasteiger partial charge in [-0.2, -0.15) is 4.98 Å². The molecule has 1 aromatic heterocycles. The molecule has 0 aliphatic carbocycles. The van der Waals surface area contributed by atoms with Crippen LogP contribution in [0.25, 0.3) is 0 Å². The smallest absolute Gasteiger partial charge is 0.309 e. The monoisotopic (exact) mass is 268 g/mol. The Balaban J connectivity index is 1.96. The Morgan fingerprint density at radius 2 is 2.26 bits per heavy atom. The number of hydrogen-bond acceptors (Lipinski definition) is 6. The second-order valence-electron chi connectivity index (χ2n) is 4.42. The molecule has 0 bridgehead atoms. The van der Waals surface area contributed by atoms with Gasteiger partial charge in [0.1, 0.15) is 0 Å². The van der Waals surface area contributed by atoms with Crippen LogP contribution in [0.1, 0.15) is 19.8 Å². The third-order valence-corrected chi connectivity index (χ3v) is 3.16. The fourth-order valence-electron chi connectivity index (χ4n) is 2.10. The van der Waals surface area contributed by atoms with Crippen LogP contribution < -0.4 is 10.6 Å². The molecule has 1 saturated heterocycles. The van der Waals surface area contributed by atoms with Crippen molar-refractivity contribution >= 4 is 17.7 Å². The molecule has 1 fully saturated rings. The number of rotatable bonds is 3. The normalized spacial score (nSPS) is 16.4. The summed E-state index contributed by atoms with van der Waals surface area (Å²) < 4.78 is 18.0. The van der Waals surface area contributed by atoms with Gasteiger partial charge in [0.25, 0.3) is 0 Å². The minimum absolute atomic E-state index is 0.0750. The summed E-state index contributed by atoms with van der Waals surface area (Å²) in [7, 11) is 0. The molecule has 1 aliphatic rings. The molecule has 6 nitrogen and oxygen atoms in total. The molecule has 2 rings (SSSR count). The summed E-state index contributed by atoms with van der Waals surface area (Å²) in [6, 6.07) is 0. The highest BCUT2D eigenvalue weighted by atomic mass is 19.1. The van der Waals surface area contributed by atoms with Crippen molar-refractivity contribution < 1.29 is 13.9 Å². The number of ether oxygens (including phenoxy) is 1. The standard InChI is InChI=1S/C12H17FN4O2/c1-2-19-11(18)8-3-5-17(6-4-8)12-15-7-9(13)10(14)16-12/h7-8H,2-6H2,1H3,(H2,14,15,16). The number of piperidine rings is 1. The van der Waals surface area contributed by atoms with Gasteiger partial charge in [0.05, 0.1) is 18.7 Å². The zero-order valence-electron chi connectivity index (χ0n) is 10.8. The van der Waals surface area contributed by atoms with Crippen LogP contribution in [0, 0.1) is 11.7 Å². The number of carbonyl (C=O) groups is 1. The van der Waals surface area contributed by atoms with Crippen LogP contribution in [-0.4, -0.2) is 35.6 Å². The van der Waals surface area contributed by atoms with Gasteiger partial charge in [-0.05, 0) is 19.8 Å². The van der Waals surface area contributed by atoms with Gasteiger partial charge in [-0.3, -0.25) is 4.79 Å². The molecule has 0 unspecified atom stereocenters. The summed E-state index contributed by atoms with van der Waals surface area (Å²) in [5.74, 6) is -0.598. The number of anilines is 2. The second-order valence-corrected chi connectivity index (χ2v) is 4.42. The largest absolute Gasteiger partial charge is 0.466 e. The Labute approximate surface area is 110 Å². The lowest BCUT2D eigenvalue weighted by Gasteiger charge is -2.30. The van der Waals surface area contributed by atoms with Crippen LogP contribution in [0.15, 0.2) is 6.20 Å². The third kappa shape index (κ3) is 3.10. The van der Waals surface area contributed by atoms with Gasteiger partial charge < -0.3 is 15.4 Å². The fourth-order valence-corrected chi connectivity index (χ4v) is 2.10. The predicted molar refractivity (Wildman–Crippen MR) is 68.0 cm³/mol. The van der Waals surface area contributed by atoms with Crippen molar-refractivity contribution in [1.82, 2.24) is 9.97 Å². The molecule has 0 atom stereocenters. The lowest BCUT2D eigenvalue weighted by Crippen LogP contribution is -2.38. The minimum atomic E-state index is -0.620. The Hall–Kier alpha value is -1.92. The van der Waals surface area contributed by atoms with Gasteiger partial charge in [-0.25, -0.2) is 9.37 Å². The number of aromatic nitrogens is 2. The summed E-state index contributed by atoms with van der Waals surface area (Å²) in [6.07, 6.45) is 2.42. The first-order chi connectivity index (χ1) is 9.11. The average Bonchev–Trinajstić information content (AvgIpc) is 2.42. The summed E-state index contributed by atoms with van der Waals surface area (Å²) in [5, 5.41) is 0. The molecule has 0 radical (unpaired) electrons. The molecule has 0 amide bonds. The van der Waals surface area contributed by atoms with Crippen LogP contribution in [-0.2, 0) is 9.53 Å². The van der Waals surface area contributed by atoms with Crippen molar-refractivity contribution in [1.29, 1.82) is 0 Å². The van der Waals surface area contributed by atoms with E-state index in [0.717, 1.165) is 6.20 Å². The minimum Gasteiger partial charge on any atom is -0.466 e. The molecule has 2 heterocycles. The molecule has 7 heteroatoms. The molecule has 19 heavy (non-hydrogen) atoms. The second kappa shape index (κ2) is 5.81. The van der Waals surface area contributed by atoms with E-state index in [1.807, 2.05) is 4.90 Å². The third-order valence-electron chi connectivity index (χ3n) is 3.16. The highest BCUT2D eigenvalue weighted by Crippen LogP contribution is 2.22. The Kier molecular flexibility index (Phi) is 4.13. The van der Waals surface area contributed by atoms with Gasteiger partial charge >= 0.3 is 5.97 Å². The first kappa shape index (κ1) is 13.5. The van der Waals surface area contributed by atoms with Crippen molar-refractivity contribution in [3.63, 3.8) is 0 Å². The molecular weight excluding hydrogens is 251 g/mol. The van der Waals surface area contributed by atoms with Crippen molar-refractivity contribution in [2.75, 3.05) is 30.3 Å². The van der Waals surface area contributed by atoms with Gasteiger partial charge in [-0.1, -0.05) is 0 Å². The topological polar surface area (TPSA) is 81.3 Å². The van der Waals surface area contributed by atoms with E-state index in [9.17, 15) is 9.18 Å². The maximum atomic E-state index is 13.0. The van der Waals surface area contributed by atoms with Gasteiger partial charge in [0.2, 0.25) is 5.95 Å². The quantitative estimate of drug-likeness (QED) is 0.823. The van der Waals surface area contributed by atoms with Crippen LogP contribution in [0.3, 0.4) is 0 Å². The average molecular weight is 268 g/mol. The first-order valence-corrected chi connectivity index (χ1v) is 6.31. The summed E-state index contributed by atoms with van der Waals surface area (Å²) >= 11 is 0. The van der Waals surface area contributed by atoms with Gasteiger partial charge in [-0.15, -0.1) is 0 Å². The maximum absolute atomic E-state index is 13.0. The molecule has 0 spiro atoms. The Morgan fingerprint density at radius 3 is 2.84 bits per heavy atom. The number of halogens is 1. The summed E-state index contributed by atoms with van der Waals surface area (Å²) in [6.45, 7) is 3.46. The molecule has 104 valence electrons. The van der Waals surface area contributed by atoms with Crippen molar-refractivity contribution in [2.45, 2.75) is 19.8 Å². The fraction of sp³-hybridized carbons (Fsp3) is 0.583. The van der Waals surface area contributed by atoms with E-state index in [-0.39, 0.29) is 17.7 Å². The SMILES string of the molecule is CCOC(=O)C1CCN(c2ncc(F)c(N)n2)CC1. The number of esters is 1. The lowest BCUT2D eigenvalue weighted by molar-refractivity contribution is -0.148. The predicted octanol–water partition coefficient (Wildman–Crippen LogP) is 0.977. The van der Waals surface area contributed by atoms with E-state index in [0.29, 0.717) is 38.5 Å². The highest BCUT2D eigenvalue weighted by molar-refractivity contribution is 5.72. The van der Waals surface area contributed by atoms with Crippen molar-refractivity contribution in [2.24, 2.45) is 5.92 Å². The van der Waals surface area contributed by atoms with Gasteiger partial charge in [0, 0.05) is 13.1 Å². The zero-order valence-corrected chi connectivity index (χ0v) is 10.8. The van der Waals surface area contributed by atoms with E-state index < -0.39 is 5.82 Å². The van der Waals surface area contributed by atoms with E-state index in [1.165, 1.54) is 0 Å². The molecular formula is C12H17FN4O2. The van der Waals surface area contributed by atoms with Crippen molar-refractivity contribution in [3.05, 3.63) is 12.0 Å². The highest BCUT2D eigenvalue weighted by Gasteiger charge is 2.27. The van der Waals surface area contributed by atoms with Crippen molar-refractivity contribution in [3.8, 4) is 0 Å². The molecule has 0 aromatic carbocycles. The molecule has 0 saturated carbocycles. The lowest BCUT2D eigenvalue weighted by atomic mass is 9.97. The first-order valence-electron chi connectivity index (χ1n) is 6.31. The number of hydrogen-bond donors (Lipinski definition) is 1.